The molecule has 0 saturated carbocycles. The van der Waals surface area contributed by atoms with Crippen LogP contribution in [0.3, 0.4) is 0 Å². The van der Waals surface area contributed by atoms with Crippen molar-refractivity contribution in [3.05, 3.63) is 22.5 Å². The molecule has 1 fully saturated rings. The SMILES string of the molecule is COC(=O)c1c(C)[nH]c(C(=O)C[NH+]2CCCCCCC2)c1C. The molecule has 1 aromatic rings. The van der Waals surface area contributed by atoms with Crippen molar-refractivity contribution in [3.63, 3.8) is 0 Å². The van der Waals surface area contributed by atoms with E-state index in [0.717, 1.165) is 13.1 Å². The highest BCUT2D eigenvalue weighted by molar-refractivity contribution is 6.01. The van der Waals surface area contributed by atoms with Crippen molar-refractivity contribution >= 4 is 11.8 Å². The maximum atomic E-state index is 12.6. The Kier molecular flexibility index (Phi) is 5.77. The summed E-state index contributed by atoms with van der Waals surface area (Å²) in [7, 11) is 1.36. The average molecular weight is 307 g/mol. The van der Waals surface area contributed by atoms with E-state index >= 15 is 0 Å². The van der Waals surface area contributed by atoms with Gasteiger partial charge in [0.25, 0.3) is 0 Å². The second-order valence-electron chi connectivity index (χ2n) is 6.23. The fourth-order valence-electron chi connectivity index (χ4n) is 3.33. The molecular weight excluding hydrogens is 280 g/mol. The predicted octanol–water partition coefficient (Wildman–Crippen LogP) is 1.45. The molecule has 1 aliphatic heterocycles. The van der Waals surface area contributed by atoms with Crippen LogP contribution >= 0.6 is 0 Å². The van der Waals surface area contributed by atoms with E-state index in [1.165, 1.54) is 44.1 Å². The lowest BCUT2D eigenvalue weighted by molar-refractivity contribution is -0.892. The summed E-state index contributed by atoms with van der Waals surface area (Å²) in [4.78, 5) is 28.8. The molecule has 2 rings (SSSR count). The average Bonchev–Trinajstić information content (AvgIpc) is 2.76. The van der Waals surface area contributed by atoms with Crippen LogP contribution in [0.4, 0.5) is 0 Å². The Labute approximate surface area is 132 Å². The van der Waals surface area contributed by atoms with E-state index in [1.54, 1.807) is 6.92 Å². The van der Waals surface area contributed by atoms with Gasteiger partial charge in [-0.05, 0) is 45.1 Å². The van der Waals surface area contributed by atoms with E-state index in [-0.39, 0.29) is 11.8 Å². The first kappa shape index (κ1) is 16.7. The summed E-state index contributed by atoms with van der Waals surface area (Å²) in [5.74, 6) is -0.296. The van der Waals surface area contributed by atoms with Crippen LogP contribution in [0.1, 0.15) is 64.2 Å². The third-order valence-corrected chi connectivity index (χ3v) is 4.58. The molecule has 0 spiro atoms. The molecule has 5 nitrogen and oxygen atoms in total. The number of rotatable bonds is 4. The number of aryl methyl sites for hydroxylation is 1. The predicted molar refractivity (Wildman–Crippen MR) is 84.6 cm³/mol. The molecular formula is C17H27N2O3+. The summed E-state index contributed by atoms with van der Waals surface area (Å²) < 4.78 is 4.80. The first-order valence-corrected chi connectivity index (χ1v) is 8.18. The smallest absolute Gasteiger partial charge is 0.339 e. The minimum atomic E-state index is -0.385. The zero-order valence-corrected chi connectivity index (χ0v) is 13.9. The van der Waals surface area contributed by atoms with E-state index < -0.39 is 0 Å². The third kappa shape index (κ3) is 3.77. The third-order valence-electron chi connectivity index (χ3n) is 4.58. The van der Waals surface area contributed by atoms with Gasteiger partial charge in [0.2, 0.25) is 5.78 Å². The number of Topliss-reactive ketones (excluding diaryl/α,β-unsaturated/α-hetero) is 1. The van der Waals surface area contributed by atoms with Gasteiger partial charge in [0.05, 0.1) is 31.5 Å². The summed E-state index contributed by atoms with van der Waals surface area (Å²) in [6.07, 6.45) is 6.24. The lowest BCUT2D eigenvalue weighted by Gasteiger charge is -2.20. The summed E-state index contributed by atoms with van der Waals surface area (Å²) in [5.41, 5.74) is 2.47. The molecule has 2 N–H and O–H groups in total. The van der Waals surface area contributed by atoms with Crippen molar-refractivity contribution in [3.8, 4) is 0 Å². The molecule has 0 radical (unpaired) electrons. The molecule has 2 heterocycles. The molecule has 0 amide bonds. The number of esters is 1. The number of methoxy groups -OCH3 is 1. The van der Waals surface area contributed by atoms with E-state index in [4.69, 9.17) is 4.74 Å². The van der Waals surface area contributed by atoms with Gasteiger partial charge in [-0.1, -0.05) is 6.42 Å². The quantitative estimate of drug-likeness (QED) is 0.654. The van der Waals surface area contributed by atoms with Crippen molar-refractivity contribution in [2.45, 2.75) is 46.0 Å². The van der Waals surface area contributed by atoms with Crippen LogP contribution in [0, 0.1) is 13.8 Å². The molecule has 5 heteroatoms. The maximum Gasteiger partial charge on any atom is 0.339 e. The van der Waals surface area contributed by atoms with Crippen LogP contribution in [0.2, 0.25) is 0 Å². The monoisotopic (exact) mass is 307 g/mol. The number of aromatic nitrogens is 1. The molecule has 0 aromatic carbocycles. The van der Waals surface area contributed by atoms with Gasteiger partial charge >= 0.3 is 5.97 Å². The van der Waals surface area contributed by atoms with Crippen molar-refractivity contribution in [2.75, 3.05) is 26.7 Å². The van der Waals surface area contributed by atoms with Crippen molar-refractivity contribution in [2.24, 2.45) is 0 Å². The van der Waals surface area contributed by atoms with Crippen molar-refractivity contribution < 1.29 is 19.2 Å². The number of carbonyl (C=O) groups is 2. The van der Waals surface area contributed by atoms with Crippen molar-refractivity contribution in [1.29, 1.82) is 0 Å². The standard InChI is InChI=1S/C17H26N2O3/c1-12-15(17(21)22-3)13(2)18-16(12)14(20)11-19-9-7-5-4-6-8-10-19/h18H,4-11H2,1-3H3/p+1. The molecule has 0 bridgehead atoms. The number of carbonyl (C=O) groups excluding carboxylic acids is 2. The van der Waals surface area contributed by atoms with Gasteiger partial charge < -0.3 is 14.6 Å². The lowest BCUT2D eigenvalue weighted by atomic mass is 10.1. The first-order chi connectivity index (χ1) is 10.5. The number of H-pyrrole nitrogens is 1. The fourth-order valence-corrected chi connectivity index (χ4v) is 3.33. The highest BCUT2D eigenvalue weighted by Gasteiger charge is 2.25. The topological polar surface area (TPSA) is 63.6 Å². The summed E-state index contributed by atoms with van der Waals surface area (Å²) in [5, 5.41) is 0. The second-order valence-corrected chi connectivity index (χ2v) is 6.23. The number of aromatic amines is 1. The van der Waals surface area contributed by atoms with Crippen LogP contribution in [0.5, 0.6) is 0 Å². The van der Waals surface area contributed by atoms with E-state index in [1.807, 2.05) is 6.92 Å². The van der Waals surface area contributed by atoms with Gasteiger partial charge in [-0.15, -0.1) is 0 Å². The number of likely N-dealkylation sites (tertiary alicyclic amines) is 1. The summed E-state index contributed by atoms with van der Waals surface area (Å²) >= 11 is 0. The molecule has 0 atom stereocenters. The molecule has 122 valence electrons. The number of ketones is 1. The summed E-state index contributed by atoms with van der Waals surface area (Å²) in [6.45, 7) is 6.24. The maximum absolute atomic E-state index is 12.6. The molecule has 0 aliphatic carbocycles. The van der Waals surface area contributed by atoms with E-state index in [0.29, 0.717) is 29.1 Å². The second kappa shape index (κ2) is 7.58. The van der Waals surface area contributed by atoms with Crippen LogP contribution in [0.15, 0.2) is 0 Å². The number of hydrogen-bond donors (Lipinski definition) is 2. The first-order valence-electron chi connectivity index (χ1n) is 8.18. The number of quaternary nitrogens is 1. The minimum absolute atomic E-state index is 0.0892. The Morgan fingerprint density at radius 2 is 1.68 bits per heavy atom. The van der Waals surface area contributed by atoms with Crippen LogP contribution in [0.25, 0.3) is 0 Å². The molecule has 1 saturated heterocycles. The Balaban J connectivity index is 2.10. The fraction of sp³-hybridized carbons (Fsp3) is 0.647. The van der Waals surface area contributed by atoms with E-state index in [2.05, 4.69) is 4.98 Å². The zero-order chi connectivity index (χ0) is 16.1. The molecule has 22 heavy (non-hydrogen) atoms. The number of nitrogens with one attached hydrogen (secondary N) is 2. The van der Waals surface area contributed by atoms with Gasteiger partial charge in [-0.25, -0.2) is 4.79 Å². The van der Waals surface area contributed by atoms with Gasteiger partial charge in [-0.3, -0.25) is 4.79 Å². The number of hydrogen-bond acceptors (Lipinski definition) is 3. The lowest BCUT2D eigenvalue weighted by Crippen LogP contribution is -3.13. The summed E-state index contributed by atoms with van der Waals surface area (Å²) in [6, 6.07) is 0. The van der Waals surface area contributed by atoms with Gasteiger partial charge in [-0.2, -0.15) is 0 Å². The Morgan fingerprint density at radius 1 is 1.09 bits per heavy atom. The van der Waals surface area contributed by atoms with Crippen LogP contribution in [-0.2, 0) is 4.74 Å². The number of ether oxygens (including phenoxy) is 1. The highest BCUT2D eigenvalue weighted by atomic mass is 16.5. The normalized spacial score (nSPS) is 16.9. The Hall–Kier alpha value is -1.62. The highest BCUT2D eigenvalue weighted by Crippen LogP contribution is 2.19. The zero-order valence-electron chi connectivity index (χ0n) is 13.9. The Morgan fingerprint density at radius 3 is 2.27 bits per heavy atom. The van der Waals surface area contributed by atoms with Gasteiger partial charge in [0.1, 0.15) is 6.54 Å². The molecule has 1 aromatic heterocycles. The molecule has 0 unspecified atom stereocenters. The minimum Gasteiger partial charge on any atom is -0.465 e. The molecule has 1 aliphatic rings. The van der Waals surface area contributed by atoms with Crippen LogP contribution in [-0.4, -0.2) is 43.5 Å². The largest absolute Gasteiger partial charge is 0.465 e. The van der Waals surface area contributed by atoms with Gasteiger partial charge in [0.15, 0.2) is 0 Å². The van der Waals surface area contributed by atoms with Crippen LogP contribution < -0.4 is 4.90 Å². The Bertz CT molecular complexity index is 540. The van der Waals surface area contributed by atoms with Gasteiger partial charge in [0, 0.05) is 5.69 Å². The van der Waals surface area contributed by atoms with Crippen molar-refractivity contribution in [1.82, 2.24) is 4.98 Å². The van der Waals surface area contributed by atoms with E-state index in [9.17, 15) is 9.59 Å².